The lowest BCUT2D eigenvalue weighted by atomic mass is 10.0. The molecule has 33 heavy (non-hydrogen) atoms. The number of nitrogens with zero attached hydrogens (tertiary/aromatic N) is 3. The fourth-order valence-electron chi connectivity index (χ4n) is 4.25. The van der Waals surface area contributed by atoms with Crippen LogP contribution in [0.25, 0.3) is 0 Å². The quantitative estimate of drug-likeness (QED) is 0.442. The van der Waals surface area contributed by atoms with Crippen LogP contribution in [0.2, 0.25) is 10.0 Å². The number of carbonyl (C=O) groups is 1. The largest absolute Gasteiger partial charge is 0.322 e. The summed E-state index contributed by atoms with van der Waals surface area (Å²) in [5.41, 5.74) is 3.63. The summed E-state index contributed by atoms with van der Waals surface area (Å²) in [7, 11) is 0. The normalized spacial score (nSPS) is 14.8. The molecule has 0 saturated carbocycles. The SMILES string of the molecule is Cc1cccc(CN(C(=O)Nc2cccc(Cl)c2Cl)C2CCN(Cc3ccccc3)CC2)n1. The van der Waals surface area contributed by atoms with Gasteiger partial charge < -0.3 is 10.2 Å². The molecule has 3 aromatic rings. The van der Waals surface area contributed by atoms with Gasteiger partial charge in [-0.25, -0.2) is 4.79 Å². The number of likely N-dealkylation sites (tertiary alicyclic amines) is 1. The third kappa shape index (κ3) is 6.26. The summed E-state index contributed by atoms with van der Waals surface area (Å²) in [5.74, 6) is 0. The van der Waals surface area contributed by atoms with Crippen LogP contribution in [0.3, 0.4) is 0 Å². The molecule has 1 saturated heterocycles. The molecule has 0 spiro atoms. The molecule has 172 valence electrons. The van der Waals surface area contributed by atoms with Crippen molar-refractivity contribution >= 4 is 34.9 Å². The Labute approximate surface area is 205 Å². The Morgan fingerprint density at radius 1 is 1.03 bits per heavy atom. The number of halogens is 2. The molecule has 1 N–H and O–H groups in total. The molecular formula is C26H28Cl2N4O. The highest BCUT2D eigenvalue weighted by Crippen LogP contribution is 2.30. The number of carbonyl (C=O) groups excluding carboxylic acids is 1. The van der Waals surface area contributed by atoms with Gasteiger partial charge in [-0.05, 0) is 49.6 Å². The Kier molecular flexibility index (Phi) is 7.86. The molecule has 0 atom stereocenters. The van der Waals surface area contributed by atoms with Crippen molar-refractivity contribution in [3.63, 3.8) is 0 Å². The van der Waals surface area contributed by atoms with E-state index in [1.807, 2.05) is 36.1 Å². The second-order valence-electron chi connectivity index (χ2n) is 8.42. The van der Waals surface area contributed by atoms with Crippen LogP contribution in [0, 0.1) is 6.92 Å². The zero-order chi connectivity index (χ0) is 23.2. The molecule has 2 aromatic carbocycles. The van der Waals surface area contributed by atoms with Crippen LogP contribution >= 0.6 is 23.2 Å². The first-order valence-corrected chi connectivity index (χ1v) is 12.0. The maximum atomic E-state index is 13.4. The van der Waals surface area contributed by atoms with Gasteiger partial charge >= 0.3 is 6.03 Å². The first-order chi connectivity index (χ1) is 16.0. The van der Waals surface area contributed by atoms with E-state index in [-0.39, 0.29) is 12.1 Å². The smallest absolute Gasteiger partial charge is 0.316 e. The van der Waals surface area contributed by atoms with Crippen LogP contribution in [0.15, 0.2) is 66.7 Å². The van der Waals surface area contributed by atoms with Gasteiger partial charge in [-0.15, -0.1) is 0 Å². The summed E-state index contributed by atoms with van der Waals surface area (Å²) in [4.78, 5) is 22.4. The third-order valence-corrected chi connectivity index (χ3v) is 6.80. The van der Waals surface area contributed by atoms with E-state index >= 15 is 0 Å². The molecule has 1 aliphatic rings. The molecule has 4 rings (SSSR count). The Bertz CT molecular complexity index is 1080. The van der Waals surface area contributed by atoms with Crippen molar-refractivity contribution in [2.24, 2.45) is 0 Å². The lowest BCUT2D eigenvalue weighted by Gasteiger charge is -2.38. The van der Waals surface area contributed by atoms with Gasteiger partial charge in [-0.2, -0.15) is 0 Å². The highest BCUT2D eigenvalue weighted by atomic mass is 35.5. The molecule has 0 bridgehead atoms. The minimum Gasteiger partial charge on any atom is -0.316 e. The van der Waals surface area contributed by atoms with Crippen molar-refractivity contribution in [1.82, 2.24) is 14.8 Å². The van der Waals surface area contributed by atoms with Crippen molar-refractivity contribution in [2.75, 3.05) is 18.4 Å². The molecule has 1 fully saturated rings. The van der Waals surface area contributed by atoms with Gasteiger partial charge in [0, 0.05) is 31.4 Å². The summed E-state index contributed by atoms with van der Waals surface area (Å²) in [6.07, 6.45) is 1.80. The topological polar surface area (TPSA) is 48.5 Å². The third-order valence-electron chi connectivity index (χ3n) is 5.98. The molecule has 1 aromatic heterocycles. The van der Waals surface area contributed by atoms with Gasteiger partial charge in [0.2, 0.25) is 0 Å². The molecule has 2 amide bonds. The molecule has 0 aliphatic carbocycles. The first kappa shape index (κ1) is 23.6. The summed E-state index contributed by atoms with van der Waals surface area (Å²) >= 11 is 12.5. The van der Waals surface area contributed by atoms with Crippen molar-refractivity contribution in [1.29, 1.82) is 0 Å². The zero-order valence-electron chi connectivity index (χ0n) is 18.7. The number of anilines is 1. The van der Waals surface area contributed by atoms with Crippen LogP contribution in [0.4, 0.5) is 10.5 Å². The minimum absolute atomic E-state index is 0.109. The molecule has 5 nitrogen and oxygen atoms in total. The predicted molar refractivity (Wildman–Crippen MR) is 135 cm³/mol. The van der Waals surface area contributed by atoms with E-state index in [0.29, 0.717) is 22.3 Å². The lowest BCUT2D eigenvalue weighted by molar-refractivity contribution is 0.119. The highest BCUT2D eigenvalue weighted by molar-refractivity contribution is 6.43. The Hall–Kier alpha value is -2.60. The Morgan fingerprint density at radius 3 is 2.48 bits per heavy atom. The number of rotatable bonds is 6. The van der Waals surface area contributed by atoms with E-state index in [0.717, 1.165) is 43.9 Å². The summed E-state index contributed by atoms with van der Waals surface area (Å²) in [6, 6.07) is 21.6. The number of hydrogen-bond acceptors (Lipinski definition) is 3. The second kappa shape index (κ2) is 11.0. The minimum atomic E-state index is -0.191. The van der Waals surface area contributed by atoms with E-state index in [1.165, 1.54) is 5.56 Å². The maximum absolute atomic E-state index is 13.4. The average Bonchev–Trinajstić information content (AvgIpc) is 2.82. The average molecular weight is 483 g/mol. The van der Waals surface area contributed by atoms with Crippen molar-refractivity contribution < 1.29 is 4.79 Å². The molecule has 0 unspecified atom stereocenters. The number of piperidine rings is 1. The monoisotopic (exact) mass is 482 g/mol. The van der Waals surface area contributed by atoms with Crippen LogP contribution in [0.5, 0.6) is 0 Å². The van der Waals surface area contributed by atoms with E-state index in [9.17, 15) is 4.79 Å². The maximum Gasteiger partial charge on any atom is 0.322 e. The first-order valence-electron chi connectivity index (χ1n) is 11.2. The summed E-state index contributed by atoms with van der Waals surface area (Å²) in [5, 5.41) is 3.72. The molecule has 1 aliphatic heterocycles. The Morgan fingerprint density at radius 2 is 1.76 bits per heavy atom. The van der Waals surface area contributed by atoms with Gasteiger partial charge in [-0.1, -0.05) is 65.7 Å². The Balaban J connectivity index is 1.48. The van der Waals surface area contributed by atoms with Gasteiger partial charge in [0.05, 0.1) is 28.0 Å². The fourth-order valence-corrected chi connectivity index (χ4v) is 4.59. The van der Waals surface area contributed by atoms with E-state index in [2.05, 4.69) is 39.5 Å². The number of benzene rings is 2. The number of hydrogen-bond donors (Lipinski definition) is 1. The van der Waals surface area contributed by atoms with E-state index in [4.69, 9.17) is 23.2 Å². The number of urea groups is 1. The fraction of sp³-hybridized carbons (Fsp3) is 0.308. The van der Waals surface area contributed by atoms with Crippen LogP contribution in [-0.4, -0.2) is 39.9 Å². The second-order valence-corrected chi connectivity index (χ2v) is 9.21. The van der Waals surface area contributed by atoms with E-state index < -0.39 is 0 Å². The molecular weight excluding hydrogens is 455 g/mol. The summed E-state index contributed by atoms with van der Waals surface area (Å²) < 4.78 is 0. The highest BCUT2D eigenvalue weighted by Gasteiger charge is 2.29. The van der Waals surface area contributed by atoms with Gasteiger partial charge in [-0.3, -0.25) is 9.88 Å². The number of aryl methyl sites for hydroxylation is 1. The van der Waals surface area contributed by atoms with Crippen molar-refractivity contribution in [2.45, 2.75) is 38.9 Å². The van der Waals surface area contributed by atoms with Gasteiger partial charge in [0.15, 0.2) is 0 Å². The molecule has 2 heterocycles. The number of aromatic nitrogens is 1. The van der Waals surface area contributed by atoms with Crippen LogP contribution in [-0.2, 0) is 13.1 Å². The standard InChI is InChI=1S/C26H28Cl2N4O/c1-19-7-5-10-21(29-19)18-32(26(33)30-24-12-6-11-23(27)25(24)28)22-13-15-31(16-14-22)17-20-8-3-2-4-9-20/h2-12,22H,13-18H2,1H3,(H,30,33). The van der Waals surface area contributed by atoms with Crippen molar-refractivity contribution in [3.05, 3.63) is 93.7 Å². The van der Waals surface area contributed by atoms with Crippen molar-refractivity contribution in [3.8, 4) is 0 Å². The molecule has 7 heteroatoms. The number of pyridine rings is 1. The summed E-state index contributed by atoms with van der Waals surface area (Å²) in [6.45, 7) is 5.19. The number of nitrogens with one attached hydrogen (secondary N) is 1. The van der Waals surface area contributed by atoms with E-state index in [1.54, 1.807) is 18.2 Å². The van der Waals surface area contributed by atoms with Crippen LogP contribution in [0.1, 0.15) is 29.8 Å². The van der Waals surface area contributed by atoms with Gasteiger partial charge in [0.25, 0.3) is 0 Å². The van der Waals surface area contributed by atoms with Gasteiger partial charge in [0.1, 0.15) is 0 Å². The number of amides is 2. The lowest BCUT2D eigenvalue weighted by Crippen LogP contribution is -2.48. The predicted octanol–water partition coefficient (Wildman–Crippen LogP) is 6.40. The zero-order valence-corrected chi connectivity index (χ0v) is 20.2. The van der Waals surface area contributed by atoms with Crippen LogP contribution < -0.4 is 5.32 Å². The molecule has 0 radical (unpaired) electrons.